The zero-order valence-electron chi connectivity index (χ0n) is 9.82. The zero-order chi connectivity index (χ0) is 15.1. The van der Waals surface area contributed by atoms with E-state index in [1.165, 1.54) is 12.3 Å². The summed E-state index contributed by atoms with van der Waals surface area (Å²) in [6.07, 6.45) is 0. The van der Waals surface area contributed by atoms with Gasteiger partial charge in [-0.05, 0) is 18.4 Å². The number of hydrogen-bond donors (Lipinski definition) is 2. The molecule has 0 fully saturated rings. The van der Waals surface area contributed by atoms with Crippen molar-refractivity contribution >= 4 is 48.9 Å². The first-order valence-corrected chi connectivity index (χ1v) is 9.16. The fourth-order valence-corrected chi connectivity index (χ4v) is 5.22. The molecule has 2 rings (SSSR count). The smallest absolute Gasteiger partial charge is 0.266 e. The highest BCUT2D eigenvalue weighted by Crippen LogP contribution is 2.31. The first-order valence-electron chi connectivity index (χ1n) is 4.88. The monoisotopic (exact) mass is 357 g/mol. The fourth-order valence-electron chi connectivity index (χ4n) is 1.29. The maximum absolute atomic E-state index is 12.1. The molecule has 2 aromatic heterocycles. The first kappa shape index (κ1) is 15.3. The van der Waals surface area contributed by atoms with Crippen LogP contribution in [0.25, 0.3) is 0 Å². The Labute approximate surface area is 123 Å². The molecule has 12 heteroatoms. The predicted molar refractivity (Wildman–Crippen MR) is 72.8 cm³/mol. The summed E-state index contributed by atoms with van der Waals surface area (Å²) in [5.74, 6) is -0.296. The van der Waals surface area contributed by atoms with Crippen molar-refractivity contribution in [3.63, 3.8) is 0 Å². The molecule has 0 saturated heterocycles. The number of nitrogens with one attached hydrogen (secondary N) is 1. The van der Waals surface area contributed by atoms with E-state index in [1.807, 2.05) is 4.72 Å². The summed E-state index contributed by atoms with van der Waals surface area (Å²) in [5.41, 5.74) is 0.293. The van der Waals surface area contributed by atoms with Crippen LogP contribution in [0, 0.1) is 6.92 Å². The lowest BCUT2D eigenvalue weighted by Crippen LogP contribution is -2.18. The van der Waals surface area contributed by atoms with Gasteiger partial charge < -0.3 is 4.52 Å². The van der Waals surface area contributed by atoms with Crippen LogP contribution in [0.4, 0.5) is 5.88 Å². The average molecular weight is 358 g/mol. The van der Waals surface area contributed by atoms with E-state index in [9.17, 15) is 16.8 Å². The third-order valence-corrected chi connectivity index (χ3v) is 6.67. The van der Waals surface area contributed by atoms with Crippen LogP contribution in [0.1, 0.15) is 5.69 Å². The number of aromatic nitrogens is 1. The van der Waals surface area contributed by atoms with Crippen molar-refractivity contribution in [2.45, 2.75) is 16.0 Å². The molecule has 0 radical (unpaired) electrons. The molecule has 0 atom stereocenters. The second-order valence-electron chi connectivity index (χ2n) is 3.63. The number of rotatable bonds is 4. The number of anilines is 1. The molecule has 0 amide bonds. The van der Waals surface area contributed by atoms with Crippen LogP contribution < -0.4 is 9.86 Å². The van der Waals surface area contributed by atoms with Crippen LogP contribution in [0.5, 0.6) is 0 Å². The van der Waals surface area contributed by atoms with E-state index >= 15 is 0 Å². The van der Waals surface area contributed by atoms with Crippen LogP contribution >= 0.6 is 22.9 Å². The van der Waals surface area contributed by atoms with Crippen LogP contribution in [0.2, 0.25) is 5.02 Å². The van der Waals surface area contributed by atoms with Crippen LogP contribution in [-0.4, -0.2) is 22.0 Å². The summed E-state index contributed by atoms with van der Waals surface area (Å²) in [6.45, 7) is 1.52. The van der Waals surface area contributed by atoms with Crippen molar-refractivity contribution in [3.05, 3.63) is 22.2 Å². The van der Waals surface area contributed by atoms with Crippen molar-refractivity contribution in [2.75, 3.05) is 4.72 Å². The van der Waals surface area contributed by atoms with E-state index in [2.05, 4.69) is 5.16 Å². The summed E-state index contributed by atoms with van der Waals surface area (Å²) in [7, 11) is -8.36. The van der Waals surface area contributed by atoms with Gasteiger partial charge in [-0.2, -0.15) is 0 Å². The lowest BCUT2D eigenvalue weighted by atomic mass is 10.5. The third kappa shape index (κ3) is 2.81. The van der Waals surface area contributed by atoms with E-state index in [1.54, 1.807) is 0 Å². The standard InChI is InChI=1S/C8H8ClN3O5S3/c1-4-6(9)7(17-11-4)12-20(15,16)5-2-3-18-8(5)19(10,13)14/h2-3,12H,1H3,(H2,10,13,14). The van der Waals surface area contributed by atoms with Gasteiger partial charge in [0.2, 0.25) is 10.0 Å². The summed E-state index contributed by atoms with van der Waals surface area (Å²) < 4.78 is 53.1. The van der Waals surface area contributed by atoms with E-state index < -0.39 is 29.2 Å². The molecule has 3 N–H and O–H groups in total. The lowest BCUT2D eigenvalue weighted by molar-refractivity contribution is 0.430. The Balaban J connectivity index is 2.47. The number of nitrogens with zero attached hydrogens (tertiary/aromatic N) is 1. The maximum atomic E-state index is 12.1. The molecule has 0 aliphatic heterocycles. The molecule has 0 aliphatic rings. The molecule has 0 saturated carbocycles. The number of aryl methyl sites for hydroxylation is 1. The van der Waals surface area contributed by atoms with Crippen LogP contribution in [0.15, 0.2) is 25.1 Å². The molecule has 0 unspecified atom stereocenters. The van der Waals surface area contributed by atoms with Gasteiger partial charge in [-0.3, -0.25) is 0 Å². The Morgan fingerprint density at radius 2 is 2.05 bits per heavy atom. The van der Waals surface area contributed by atoms with Gasteiger partial charge in [0.25, 0.3) is 15.9 Å². The first-order chi connectivity index (χ1) is 9.13. The topological polar surface area (TPSA) is 132 Å². The summed E-state index contributed by atoms with van der Waals surface area (Å²) in [5, 5.41) is 9.71. The third-order valence-electron chi connectivity index (χ3n) is 2.16. The minimum absolute atomic E-state index is 0.0130. The van der Waals surface area contributed by atoms with Gasteiger partial charge >= 0.3 is 0 Å². The number of hydrogen-bond acceptors (Lipinski definition) is 7. The average Bonchev–Trinajstić information content (AvgIpc) is 2.91. The Kier molecular flexibility index (Phi) is 3.81. The van der Waals surface area contributed by atoms with Gasteiger partial charge in [0.15, 0.2) is 4.21 Å². The number of primary sulfonamides is 1. The minimum Gasteiger partial charge on any atom is -0.336 e. The lowest BCUT2D eigenvalue weighted by Gasteiger charge is -2.05. The van der Waals surface area contributed by atoms with E-state index in [0.717, 1.165) is 6.07 Å². The van der Waals surface area contributed by atoms with Crippen molar-refractivity contribution in [2.24, 2.45) is 5.14 Å². The molecule has 110 valence electrons. The fraction of sp³-hybridized carbons (Fsp3) is 0.125. The van der Waals surface area contributed by atoms with Crippen molar-refractivity contribution in [1.82, 2.24) is 5.16 Å². The minimum atomic E-state index is -4.21. The Morgan fingerprint density at radius 1 is 1.40 bits per heavy atom. The molecule has 8 nitrogen and oxygen atoms in total. The summed E-state index contributed by atoms with van der Waals surface area (Å²) in [6, 6.07) is 1.11. The summed E-state index contributed by atoms with van der Waals surface area (Å²) in [4.78, 5) is -0.477. The second kappa shape index (κ2) is 5.00. The van der Waals surface area contributed by atoms with Gasteiger partial charge in [-0.25, -0.2) is 26.7 Å². The molecular formula is C8H8ClN3O5S3. The van der Waals surface area contributed by atoms with E-state index in [0.29, 0.717) is 17.0 Å². The highest BCUT2D eigenvalue weighted by atomic mass is 35.5. The van der Waals surface area contributed by atoms with Gasteiger partial charge in [0.1, 0.15) is 15.6 Å². The second-order valence-corrected chi connectivity index (χ2v) is 8.34. The van der Waals surface area contributed by atoms with Gasteiger partial charge in [-0.1, -0.05) is 16.8 Å². The number of sulfonamides is 2. The maximum Gasteiger partial charge on any atom is 0.266 e. The zero-order valence-corrected chi connectivity index (χ0v) is 13.0. The van der Waals surface area contributed by atoms with Crippen molar-refractivity contribution < 1.29 is 21.4 Å². The van der Waals surface area contributed by atoms with Crippen LogP contribution in [-0.2, 0) is 20.0 Å². The Hall–Kier alpha value is -1.14. The number of nitrogens with two attached hydrogens (primary N) is 1. The Morgan fingerprint density at radius 3 is 2.55 bits per heavy atom. The molecule has 0 aliphatic carbocycles. The molecule has 0 aromatic carbocycles. The number of halogens is 1. The molecule has 0 bridgehead atoms. The number of thiophene rings is 1. The van der Waals surface area contributed by atoms with Gasteiger partial charge in [0, 0.05) is 0 Å². The SMILES string of the molecule is Cc1noc(NS(=O)(=O)c2ccsc2S(N)(=O)=O)c1Cl. The van der Waals surface area contributed by atoms with Crippen LogP contribution in [0.3, 0.4) is 0 Å². The molecule has 2 aromatic rings. The highest BCUT2D eigenvalue weighted by molar-refractivity contribution is 7.95. The predicted octanol–water partition coefficient (Wildman–Crippen LogP) is 1.15. The van der Waals surface area contributed by atoms with Gasteiger partial charge in [-0.15, -0.1) is 11.3 Å². The van der Waals surface area contributed by atoms with E-state index in [4.69, 9.17) is 21.3 Å². The summed E-state index contributed by atoms with van der Waals surface area (Å²) >= 11 is 6.47. The molecule has 20 heavy (non-hydrogen) atoms. The quantitative estimate of drug-likeness (QED) is 0.843. The highest BCUT2D eigenvalue weighted by Gasteiger charge is 2.28. The van der Waals surface area contributed by atoms with Gasteiger partial charge in [0.05, 0.1) is 0 Å². The Bertz CT molecular complexity index is 852. The normalized spacial score (nSPS) is 12.6. The molecule has 0 spiro atoms. The largest absolute Gasteiger partial charge is 0.336 e. The molecule has 2 heterocycles. The molecular weight excluding hydrogens is 350 g/mol. The van der Waals surface area contributed by atoms with Crippen molar-refractivity contribution in [3.8, 4) is 0 Å². The van der Waals surface area contributed by atoms with E-state index in [-0.39, 0.29) is 10.9 Å². The van der Waals surface area contributed by atoms with Crippen molar-refractivity contribution in [1.29, 1.82) is 0 Å².